The van der Waals surface area contributed by atoms with E-state index in [2.05, 4.69) is 27.9 Å². The number of rotatable bonds is 2. The quantitative estimate of drug-likeness (QED) is 0.564. The molecule has 4 atom stereocenters. The Morgan fingerprint density at radius 2 is 2.26 bits per heavy atom. The minimum Gasteiger partial charge on any atom is -0.444 e. The predicted molar refractivity (Wildman–Crippen MR) is 79.5 cm³/mol. The zero-order valence-corrected chi connectivity index (χ0v) is 13.8. The van der Waals surface area contributed by atoms with Crippen molar-refractivity contribution in [3.63, 3.8) is 0 Å². The highest BCUT2D eigenvalue weighted by atomic mass is 127. The molecule has 1 aliphatic carbocycles. The molecule has 0 aromatic rings. The first-order valence-corrected chi connectivity index (χ1v) is 7.88. The van der Waals surface area contributed by atoms with E-state index in [1.54, 1.807) is 0 Å². The average molecular weight is 383 g/mol. The highest BCUT2D eigenvalue weighted by Crippen LogP contribution is 2.49. The summed E-state index contributed by atoms with van der Waals surface area (Å²) in [6.07, 6.45) is 1.24. The Morgan fingerprint density at radius 3 is 2.79 bits per heavy atom. The second kappa shape index (κ2) is 5.37. The third-order valence-electron chi connectivity index (χ3n) is 3.82. The predicted octanol–water partition coefficient (Wildman–Crippen LogP) is 1.85. The van der Waals surface area contributed by atoms with Crippen molar-refractivity contribution in [2.24, 2.45) is 5.41 Å². The molecule has 0 aromatic carbocycles. The SMILES string of the molecule is CC(C)(C)OC(=O)NC1C[C@]2(CO)CCO[C@@H]2[C@H]1I. The molecule has 1 saturated carbocycles. The number of carbonyl (C=O) groups is 1. The fraction of sp³-hybridized carbons (Fsp3) is 0.923. The molecule has 19 heavy (non-hydrogen) atoms. The molecule has 2 fully saturated rings. The van der Waals surface area contributed by atoms with E-state index in [0.29, 0.717) is 6.61 Å². The van der Waals surface area contributed by atoms with Gasteiger partial charge in [-0.1, -0.05) is 22.6 Å². The van der Waals surface area contributed by atoms with E-state index in [0.717, 1.165) is 12.8 Å². The summed E-state index contributed by atoms with van der Waals surface area (Å²) in [4.78, 5) is 11.8. The van der Waals surface area contributed by atoms with Gasteiger partial charge in [-0.3, -0.25) is 0 Å². The van der Waals surface area contributed by atoms with Gasteiger partial charge in [-0.05, 0) is 33.6 Å². The fourth-order valence-corrected chi connectivity index (χ4v) is 4.35. The third-order valence-corrected chi connectivity index (χ3v) is 5.34. The van der Waals surface area contributed by atoms with Crippen molar-refractivity contribution in [1.82, 2.24) is 5.32 Å². The number of nitrogens with one attached hydrogen (secondary N) is 1. The summed E-state index contributed by atoms with van der Waals surface area (Å²) in [7, 11) is 0. The Hall–Kier alpha value is -0.0800. The highest BCUT2D eigenvalue weighted by molar-refractivity contribution is 14.1. The molecule has 0 aromatic heterocycles. The zero-order chi connectivity index (χ0) is 14.3. The minimum atomic E-state index is -0.496. The third kappa shape index (κ3) is 3.16. The number of amides is 1. The average Bonchev–Trinajstić information content (AvgIpc) is 2.77. The van der Waals surface area contributed by atoms with E-state index in [1.165, 1.54) is 0 Å². The van der Waals surface area contributed by atoms with Crippen molar-refractivity contribution in [2.45, 2.75) is 55.3 Å². The van der Waals surface area contributed by atoms with Crippen LogP contribution in [0.4, 0.5) is 4.79 Å². The van der Waals surface area contributed by atoms with Crippen molar-refractivity contribution >= 4 is 28.7 Å². The van der Waals surface area contributed by atoms with Gasteiger partial charge < -0.3 is 19.9 Å². The Labute approximate surface area is 127 Å². The smallest absolute Gasteiger partial charge is 0.407 e. The standard InChI is InChI=1S/C13H22INO4/c1-12(2,3)19-11(17)15-8-6-13(7-16)4-5-18-10(13)9(8)14/h8-10,16H,4-7H2,1-3H3,(H,15,17)/t8?,9-,10+,13-/m0/s1. The Bertz CT molecular complexity index is 357. The summed E-state index contributed by atoms with van der Waals surface area (Å²) < 4.78 is 11.2. The summed E-state index contributed by atoms with van der Waals surface area (Å²) in [6, 6.07) is -0.00657. The maximum atomic E-state index is 11.8. The van der Waals surface area contributed by atoms with Crippen LogP contribution in [-0.2, 0) is 9.47 Å². The van der Waals surface area contributed by atoms with Crippen LogP contribution in [0.15, 0.2) is 0 Å². The summed E-state index contributed by atoms with van der Waals surface area (Å²) in [6.45, 7) is 6.34. The second-order valence-corrected chi connectivity index (χ2v) is 7.90. The summed E-state index contributed by atoms with van der Waals surface area (Å²) in [5.41, 5.74) is -0.684. The van der Waals surface area contributed by atoms with Gasteiger partial charge in [0, 0.05) is 18.1 Å². The summed E-state index contributed by atoms with van der Waals surface area (Å²) in [5.74, 6) is 0. The van der Waals surface area contributed by atoms with Crippen LogP contribution < -0.4 is 5.32 Å². The number of aliphatic hydroxyl groups excluding tert-OH is 1. The lowest BCUT2D eigenvalue weighted by Crippen LogP contribution is -2.43. The van der Waals surface area contributed by atoms with Gasteiger partial charge >= 0.3 is 6.09 Å². The molecular formula is C13H22INO4. The van der Waals surface area contributed by atoms with Gasteiger partial charge in [0.1, 0.15) is 5.60 Å². The molecule has 1 aliphatic heterocycles. The number of alkyl halides is 1. The van der Waals surface area contributed by atoms with E-state index in [-0.39, 0.29) is 28.1 Å². The van der Waals surface area contributed by atoms with Crippen LogP contribution >= 0.6 is 22.6 Å². The van der Waals surface area contributed by atoms with Crippen LogP contribution in [0.3, 0.4) is 0 Å². The van der Waals surface area contributed by atoms with Gasteiger partial charge in [-0.15, -0.1) is 0 Å². The van der Waals surface area contributed by atoms with Crippen LogP contribution in [-0.4, -0.2) is 46.1 Å². The van der Waals surface area contributed by atoms with Crippen LogP contribution in [0.5, 0.6) is 0 Å². The normalized spacial score (nSPS) is 38.1. The van der Waals surface area contributed by atoms with E-state index in [1.807, 2.05) is 20.8 Å². The van der Waals surface area contributed by atoms with E-state index in [4.69, 9.17) is 9.47 Å². The van der Waals surface area contributed by atoms with Gasteiger partial charge in [0.15, 0.2) is 0 Å². The minimum absolute atomic E-state index is 0.00657. The number of hydrogen-bond donors (Lipinski definition) is 2. The molecule has 110 valence electrons. The lowest BCUT2D eigenvalue weighted by molar-refractivity contribution is 0.0426. The molecule has 0 bridgehead atoms. The molecule has 1 heterocycles. The van der Waals surface area contributed by atoms with Gasteiger partial charge in [0.25, 0.3) is 0 Å². The topological polar surface area (TPSA) is 67.8 Å². The van der Waals surface area contributed by atoms with Crippen LogP contribution in [0.1, 0.15) is 33.6 Å². The van der Waals surface area contributed by atoms with Gasteiger partial charge in [-0.2, -0.15) is 0 Å². The van der Waals surface area contributed by atoms with Crippen LogP contribution in [0.25, 0.3) is 0 Å². The van der Waals surface area contributed by atoms with Crippen molar-refractivity contribution in [2.75, 3.05) is 13.2 Å². The summed E-state index contributed by atoms with van der Waals surface area (Å²) >= 11 is 2.31. The maximum absolute atomic E-state index is 11.8. The highest BCUT2D eigenvalue weighted by Gasteiger charge is 2.56. The molecular weight excluding hydrogens is 361 g/mol. The zero-order valence-electron chi connectivity index (χ0n) is 11.6. The molecule has 2 rings (SSSR count). The summed E-state index contributed by atoms with van der Waals surface area (Å²) in [5, 5.41) is 12.6. The van der Waals surface area contributed by atoms with Crippen molar-refractivity contribution in [3.8, 4) is 0 Å². The van der Waals surface area contributed by atoms with Crippen molar-refractivity contribution in [1.29, 1.82) is 0 Å². The second-order valence-electron chi connectivity index (χ2n) is 6.46. The molecule has 1 amide bonds. The number of hydrogen-bond acceptors (Lipinski definition) is 4. The van der Waals surface area contributed by atoms with Gasteiger partial charge in [-0.25, -0.2) is 4.79 Å². The molecule has 0 radical (unpaired) electrons. The number of halogens is 1. The largest absolute Gasteiger partial charge is 0.444 e. The molecule has 6 heteroatoms. The Balaban J connectivity index is 1.98. The molecule has 0 spiro atoms. The number of ether oxygens (including phenoxy) is 2. The molecule has 2 N–H and O–H groups in total. The van der Waals surface area contributed by atoms with Gasteiger partial charge in [0.2, 0.25) is 0 Å². The monoisotopic (exact) mass is 383 g/mol. The lowest BCUT2D eigenvalue weighted by Gasteiger charge is -2.25. The lowest BCUT2D eigenvalue weighted by atomic mass is 9.84. The van der Waals surface area contributed by atoms with E-state index >= 15 is 0 Å². The number of fused-ring (bicyclic) bond motifs is 1. The van der Waals surface area contributed by atoms with Crippen molar-refractivity contribution < 1.29 is 19.4 Å². The Kier molecular flexibility index (Phi) is 4.32. The van der Waals surface area contributed by atoms with Crippen LogP contribution in [0, 0.1) is 5.41 Å². The first-order valence-electron chi connectivity index (χ1n) is 6.63. The Morgan fingerprint density at radius 1 is 1.58 bits per heavy atom. The van der Waals surface area contributed by atoms with E-state index < -0.39 is 11.7 Å². The molecule has 5 nitrogen and oxygen atoms in total. The van der Waals surface area contributed by atoms with Crippen molar-refractivity contribution in [3.05, 3.63) is 0 Å². The fourth-order valence-electron chi connectivity index (χ4n) is 2.94. The molecule has 1 unspecified atom stereocenters. The number of aliphatic hydroxyl groups is 1. The first kappa shape index (κ1) is 15.3. The maximum Gasteiger partial charge on any atom is 0.407 e. The van der Waals surface area contributed by atoms with E-state index in [9.17, 15) is 9.90 Å². The first-order chi connectivity index (χ1) is 8.77. The number of carbonyl (C=O) groups excluding carboxylic acids is 1. The van der Waals surface area contributed by atoms with Gasteiger partial charge in [0.05, 0.1) is 16.6 Å². The number of alkyl carbamates (subject to hydrolysis) is 1. The molecule has 1 saturated heterocycles. The van der Waals surface area contributed by atoms with Crippen LogP contribution in [0.2, 0.25) is 0 Å². The molecule has 2 aliphatic rings.